The van der Waals surface area contributed by atoms with Gasteiger partial charge in [-0.1, -0.05) is 97.1 Å². The van der Waals surface area contributed by atoms with Crippen LogP contribution < -0.4 is 20.3 Å². The summed E-state index contributed by atoms with van der Waals surface area (Å²) in [6.45, 7) is 0. The van der Waals surface area contributed by atoms with Gasteiger partial charge in [-0.3, -0.25) is 9.69 Å². The van der Waals surface area contributed by atoms with E-state index in [2.05, 4.69) is 10.6 Å². The summed E-state index contributed by atoms with van der Waals surface area (Å²) in [5.41, 5.74) is 5.36. The lowest BCUT2D eigenvalue weighted by Crippen LogP contribution is -2.32. The van der Waals surface area contributed by atoms with Crippen molar-refractivity contribution in [2.24, 2.45) is 0 Å². The van der Waals surface area contributed by atoms with Crippen LogP contribution in [0, 0.1) is 0 Å². The highest BCUT2D eigenvalue weighted by atomic mass is 16.5. The molecule has 0 aromatic heterocycles. The van der Waals surface area contributed by atoms with E-state index < -0.39 is 12.0 Å². The molecule has 0 saturated carbocycles. The molecule has 0 heterocycles. The van der Waals surface area contributed by atoms with Gasteiger partial charge in [0.05, 0.1) is 0 Å². The Labute approximate surface area is 290 Å². The molecule has 248 valence electrons. The van der Waals surface area contributed by atoms with E-state index in [4.69, 9.17) is 4.74 Å². The van der Waals surface area contributed by atoms with Gasteiger partial charge in [0, 0.05) is 41.7 Å². The first-order chi connectivity index (χ1) is 24.3. The summed E-state index contributed by atoms with van der Waals surface area (Å²) in [4.78, 5) is 40.1. The first-order valence-electron chi connectivity index (χ1n) is 16.1. The Morgan fingerprint density at radius 3 is 2.02 bits per heavy atom. The van der Waals surface area contributed by atoms with E-state index in [0.717, 1.165) is 22.4 Å². The second-order valence-electron chi connectivity index (χ2n) is 11.7. The van der Waals surface area contributed by atoms with Gasteiger partial charge in [0.15, 0.2) is 5.78 Å². The Morgan fingerprint density at radius 1 is 0.680 bits per heavy atom. The van der Waals surface area contributed by atoms with Crippen LogP contribution in [0.2, 0.25) is 0 Å². The Morgan fingerprint density at radius 2 is 1.32 bits per heavy atom. The number of aliphatic carboxylic acids is 1. The zero-order valence-electron chi connectivity index (χ0n) is 27.3. The topological polar surface area (TPSA) is 108 Å². The number of ether oxygens (including phenoxy) is 1. The number of nitrogens with zero attached hydrogens (tertiary/aromatic N) is 1. The molecule has 0 saturated heterocycles. The molecule has 6 aromatic carbocycles. The summed E-state index contributed by atoms with van der Waals surface area (Å²) in [6.07, 6.45) is 0.200. The molecule has 0 aliphatic carbocycles. The Balaban J connectivity index is 1.09. The molecule has 2 amide bonds. The molecule has 0 bridgehead atoms. The number of carboxylic acids is 1. The average molecular weight is 662 g/mol. The molecule has 0 fully saturated rings. The van der Waals surface area contributed by atoms with Crippen LogP contribution in [-0.2, 0) is 11.2 Å². The number of ketones is 1. The molecule has 1 atom stereocenters. The zero-order valence-corrected chi connectivity index (χ0v) is 27.3. The maximum Gasteiger partial charge on any atom is 0.326 e. The highest BCUT2D eigenvalue weighted by molar-refractivity contribution is 6.12. The van der Waals surface area contributed by atoms with E-state index in [1.807, 2.05) is 84.9 Å². The molecule has 8 nitrogen and oxygen atoms in total. The fraction of sp³-hybridized carbons (Fsp3) is 0.0714. The highest BCUT2D eigenvalue weighted by Gasteiger charge is 2.21. The molecule has 0 unspecified atom stereocenters. The number of rotatable bonds is 12. The van der Waals surface area contributed by atoms with Crippen LogP contribution in [0.1, 0.15) is 21.5 Å². The number of nitrogens with one attached hydrogen (secondary N) is 2. The van der Waals surface area contributed by atoms with Crippen molar-refractivity contribution in [2.45, 2.75) is 12.5 Å². The van der Waals surface area contributed by atoms with E-state index in [0.29, 0.717) is 33.9 Å². The van der Waals surface area contributed by atoms with Crippen molar-refractivity contribution in [1.82, 2.24) is 0 Å². The second-order valence-corrected chi connectivity index (χ2v) is 11.7. The van der Waals surface area contributed by atoms with Gasteiger partial charge in [-0.05, 0) is 77.4 Å². The summed E-state index contributed by atoms with van der Waals surface area (Å²) in [5, 5.41) is 16.1. The van der Waals surface area contributed by atoms with Crippen LogP contribution in [-0.4, -0.2) is 36.0 Å². The number of para-hydroxylation sites is 2. The van der Waals surface area contributed by atoms with E-state index in [1.54, 1.807) is 79.8 Å². The van der Waals surface area contributed by atoms with Crippen LogP contribution in [0.25, 0.3) is 11.1 Å². The number of anilines is 3. The molecule has 0 aliphatic heterocycles. The zero-order chi connectivity index (χ0) is 34.9. The van der Waals surface area contributed by atoms with Crippen LogP contribution in [0.4, 0.5) is 21.9 Å². The van der Waals surface area contributed by atoms with Gasteiger partial charge in [-0.25, -0.2) is 9.59 Å². The number of carbonyl (C=O) groups excluding carboxylic acids is 2. The molecular weight excluding hydrogens is 626 g/mol. The normalized spacial score (nSPS) is 11.2. The maximum absolute atomic E-state index is 13.2. The number of carbonyl (C=O) groups is 3. The summed E-state index contributed by atoms with van der Waals surface area (Å²) in [7, 11) is 1.70. The molecule has 6 rings (SSSR count). The van der Waals surface area contributed by atoms with E-state index in [-0.39, 0.29) is 18.2 Å². The van der Waals surface area contributed by atoms with Crippen molar-refractivity contribution >= 4 is 34.8 Å². The van der Waals surface area contributed by atoms with Crippen molar-refractivity contribution in [3.63, 3.8) is 0 Å². The van der Waals surface area contributed by atoms with Crippen molar-refractivity contribution < 1.29 is 24.2 Å². The summed E-state index contributed by atoms with van der Waals surface area (Å²) >= 11 is 0. The Kier molecular flexibility index (Phi) is 10.3. The van der Waals surface area contributed by atoms with Crippen molar-refractivity contribution in [1.29, 1.82) is 0 Å². The largest absolute Gasteiger partial charge is 0.480 e. The monoisotopic (exact) mass is 661 g/mol. The third-order valence-corrected chi connectivity index (χ3v) is 8.19. The van der Waals surface area contributed by atoms with Crippen LogP contribution in [0.3, 0.4) is 0 Å². The smallest absolute Gasteiger partial charge is 0.326 e. The molecule has 50 heavy (non-hydrogen) atoms. The number of hydrogen-bond acceptors (Lipinski definition) is 5. The Bertz CT molecular complexity index is 2080. The van der Waals surface area contributed by atoms with Gasteiger partial charge in [-0.15, -0.1) is 0 Å². The minimum absolute atomic E-state index is 0.184. The standard InChI is InChI=1S/C42H35N3O5/c1-45(42(49)43-33-23-25-36(26-24-33)50-35-15-6-3-7-16-35)34-14-10-13-32(28-34)30-21-19-29(20-22-30)27-39(41(47)48)44-38-18-9-8-17-37(38)40(46)31-11-4-2-5-12-31/h2-26,28,39,44H,27H2,1H3,(H,43,49)(H,47,48)/t39-/m0/s1. The number of amides is 2. The van der Waals surface area contributed by atoms with Crippen LogP contribution in [0.5, 0.6) is 11.5 Å². The molecule has 3 N–H and O–H groups in total. The second kappa shape index (κ2) is 15.5. The molecule has 0 radical (unpaired) electrons. The van der Waals surface area contributed by atoms with Gasteiger partial charge in [-0.2, -0.15) is 0 Å². The van der Waals surface area contributed by atoms with Gasteiger partial charge in [0.2, 0.25) is 0 Å². The van der Waals surface area contributed by atoms with Crippen LogP contribution >= 0.6 is 0 Å². The van der Waals surface area contributed by atoms with Crippen molar-refractivity contribution in [3.8, 4) is 22.6 Å². The molecule has 0 spiro atoms. The molecular formula is C42H35N3O5. The molecule has 8 heteroatoms. The third kappa shape index (κ3) is 8.24. The Hall–Kier alpha value is -6.67. The fourth-order valence-corrected chi connectivity index (χ4v) is 5.46. The number of carboxylic acid groups (broad SMARTS) is 1. The van der Waals surface area contributed by atoms with Crippen molar-refractivity contribution in [2.75, 3.05) is 22.6 Å². The number of benzene rings is 6. The lowest BCUT2D eigenvalue weighted by Gasteiger charge is -2.19. The van der Waals surface area contributed by atoms with Gasteiger partial charge in [0.1, 0.15) is 17.5 Å². The fourth-order valence-electron chi connectivity index (χ4n) is 5.46. The van der Waals surface area contributed by atoms with E-state index in [9.17, 15) is 19.5 Å². The number of hydrogen-bond donors (Lipinski definition) is 3. The SMILES string of the molecule is CN(C(=O)Nc1ccc(Oc2ccccc2)cc1)c1cccc(-c2ccc(C[C@H](Nc3ccccc3C(=O)c3ccccc3)C(=O)O)cc2)c1. The summed E-state index contributed by atoms with van der Waals surface area (Å²) < 4.78 is 5.83. The average Bonchev–Trinajstić information content (AvgIpc) is 3.16. The summed E-state index contributed by atoms with van der Waals surface area (Å²) in [6, 6.07) is 46.5. The lowest BCUT2D eigenvalue weighted by molar-refractivity contribution is -0.137. The number of urea groups is 1. The van der Waals surface area contributed by atoms with Gasteiger partial charge >= 0.3 is 12.0 Å². The third-order valence-electron chi connectivity index (χ3n) is 8.19. The first kappa shape index (κ1) is 33.2. The quantitative estimate of drug-likeness (QED) is 0.113. The van der Waals surface area contributed by atoms with E-state index in [1.165, 1.54) is 4.90 Å². The minimum atomic E-state index is -1.03. The molecule has 0 aliphatic rings. The van der Waals surface area contributed by atoms with E-state index >= 15 is 0 Å². The van der Waals surface area contributed by atoms with Gasteiger partial charge in [0.25, 0.3) is 0 Å². The van der Waals surface area contributed by atoms with Gasteiger partial charge < -0.3 is 20.5 Å². The first-order valence-corrected chi connectivity index (χ1v) is 16.1. The maximum atomic E-state index is 13.2. The van der Waals surface area contributed by atoms with Crippen LogP contribution in [0.15, 0.2) is 158 Å². The summed E-state index contributed by atoms with van der Waals surface area (Å²) in [5.74, 6) is 0.184. The molecule has 6 aromatic rings. The predicted molar refractivity (Wildman–Crippen MR) is 197 cm³/mol. The highest BCUT2D eigenvalue weighted by Crippen LogP contribution is 2.27. The lowest BCUT2D eigenvalue weighted by atomic mass is 9.98. The minimum Gasteiger partial charge on any atom is -0.480 e. The van der Waals surface area contributed by atoms with Crippen molar-refractivity contribution in [3.05, 3.63) is 174 Å². The predicted octanol–water partition coefficient (Wildman–Crippen LogP) is 9.15.